The van der Waals surface area contributed by atoms with Crippen molar-refractivity contribution in [3.8, 4) is 0 Å². The Morgan fingerprint density at radius 1 is 1.50 bits per heavy atom. The molecule has 82 valence electrons. The molecule has 0 saturated carbocycles. The summed E-state index contributed by atoms with van der Waals surface area (Å²) in [6, 6.07) is 3.33. The SMILES string of the molecule is Nc1ccnc(Cn2cnc([N+](=O)[O-])n2)c1. The van der Waals surface area contributed by atoms with Gasteiger partial charge in [0.25, 0.3) is 0 Å². The molecule has 8 heteroatoms. The summed E-state index contributed by atoms with van der Waals surface area (Å²) in [4.78, 5) is 17.3. The van der Waals surface area contributed by atoms with Crippen LogP contribution in [0.3, 0.4) is 0 Å². The fraction of sp³-hybridized carbons (Fsp3) is 0.125. The van der Waals surface area contributed by atoms with E-state index in [0.717, 1.165) is 0 Å². The highest BCUT2D eigenvalue weighted by molar-refractivity contribution is 5.37. The minimum atomic E-state index is -0.650. The molecular weight excluding hydrogens is 212 g/mol. The molecule has 2 aromatic rings. The van der Waals surface area contributed by atoms with Crippen LogP contribution in [0.25, 0.3) is 0 Å². The highest BCUT2D eigenvalue weighted by Crippen LogP contribution is 2.06. The molecule has 0 unspecified atom stereocenters. The quantitative estimate of drug-likeness (QED) is 0.584. The van der Waals surface area contributed by atoms with E-state index >= 15 is 0 Å². The first kappa shape index (κ1) is 10.0. The van der Waals surface area contributed by atoms with Crippen LogP contribution in [0.1, 0.15) is 5.69 Å². The topological polar surface area (TPSA) is 113 Å². The van der Waals surface area contributed by atoms with Crippen molar-refractivity contribution in [2.24, 2.45) is 0 Å². The molecule has 0 amide bonds. The van der Waals surface area contributed by atoms with Gasteiger partial charge >= 0.3 is 5.95 Å². The Bertz CT molecular complexity index is 523. The summed E-state index contributed by atoms with van der Waals surface area (Å²) in [5.74, 6) is -0.427. The van der Waals surface area contributed by atoms with Crippen LogP contribution in [-0.2, 0) is 6.54 Å². The van der Waals surface area contributed by atoms with Gasteiger partial charge in [-0.2, -0.15) is 4.68 Å². The lowest BCUT2D eigenvalue weighted by Gasteiger charge is -1.98. The lowest BCUT2D eigenvalue weighted by atomic mass is 10.3. The Hall–Kier alpha value is -2.51. The van der Waals surface area contributed by atoms with E-state index in [-0.39, 0.29) is 0 Å². The molecule has 0 spiro atoms. The molecule has 2 N–H and O–H groups in total. The van der Waals surface area contributed by atoms with Crippen molar-refractivity contribution in [2.45, 2.75) is 6.54 Å². The molecule has 16 heavy (non-hydrogen) atoms. The number of nitrogens with two attached hydrogens (primary N) is 1. The maximum atomic E-state index is 10.4. The summed E-state index contributed by atoms with van der Waals surface area (Å²) in [5, 5.41) is 14.0. The van der Waals surface area contributed by atoms with Crippen molar-refractivity contribution in [3.05, 3.63) is 40.5 Å². The highest BCUT2D eigenvalue weighted by Gasteiger charge is 2.13. The molecule has 0 aliphatic heterocycles. The molecule has 0 fully saturated rings. The molecule has 0 saturated heterocycles. The normalized spacial score (nSPS) is 10.2. The fourth-order valence-electron chi connectivity index (χ4n) is 1.19. The number of hydrogen-bond donors (Lipinski definition) is 1. The van der Waals surface area contributed by atoms with E-state index in [1.165, 1.54) is 11.0 Å². The average molecular weight is 220 g/mol. The van der Waals surface area contributed by atoms with Gasteiger partial charge < -0.3 is 15.8 Å². The minimum Gasteiger partial charge on any atom is -0.399 e. The third kappa shape index (κ3) is 2.11. The third-order valence-corrected chi connectivity index (χ3v) is 1.85. The maximum absolute atomic E-state index is 10.4. The lowest BCUT2D eigenvalue weighted by Crippen LogP contribution is -2.03. The smallest absolute Gasteiger partial charge is 0.399 e. The largest absolute Gasteiger partial charge is 0.490 e. The van der Waals surface area contributed by atoms with E-state index < -0.39 is 10.9 Å². The van der Waals surface area contributed by atoms with Crippen molar-refractivity contribution in [1.29, 1.82) is 0 Å². The van der Waals surface area contributed by atoms with Crippen LogP contribution in [-0.4, -0.2) is 24.7 Å². The number of nitrogens with zero attached hydrogens (tertiary/aromatic N) is 5. The molecular formula is C8H8N6O2. The summed E-state index contributed by atoms with van der Waals surface area (Å²) in [7, 11) is 0. The standard InChI is InChI=1S/C8H8N6O2/c9-6-1-2-10-7(3-6)4-13-5-11-8(12-13)14(15)16/h1-3,5H,4H2,(H2,9,10). The van der Waals surface area contributed by atoms with Crippen LogP contribution < -0.4 is 5.73 Å². The molecule has 0 atom stereocenters. The first-order chi connectivity index (χ1) is 7.65. The van der Waals surface area contributed by atoms with Crippen molar-refractivity contribution in [1.82, 2.24) is 19.7 Å². The van der Waals surface area contributed by atoms with Gasteiger partial charge in [-0.25, -0.2) is 0 Å². The molecule has 2 aromatic heterocycles. The number of rotatable bonds is 3. The zero-order valence-electron chi connectivity index (χ0n) is 8.15. The Morgan fingerprint density at radius 2 is 2.31 bits per heavy atom. The first-order valence-corrected chi connectivity index (χ1v) is 4.39. The number of aromatic nitrogens is 4. The van der Waals surface area contributed by atoms with Crippen LogP contribution in [0.2, 0.25) is 0 Å². The molecule has 0 aliphatic rings. The molecule has 0 bridgehead atoms. The fourth-order valence-corrected chi connectivity index (χ4v) is 1.19. The summed E-state index contributed by atoms with van der Waals surface area (Å²) in [5.41, 5.74) is 6.82. The summed E-state index contributed by atoms with van der Waals surface area (Å²) >= 11 is 0. The van der Waals surface area contributed by atoms with Crippen molar-refractivity contribution in [3.63, 3.8) is 0 Å². The minimum absolute atomic E-state index is 0.297. The van der Waals surface area contributed by atoms with Crippen LogP contribution in [0.15, 0.2) is 24.7 Å². The van der Waals surface area contributed by atoms with Gasteiger partial charge in [-0.1, -0.05) is 4.98 Å². The number of nitrogen functional groups attached to an aromatic ring is 1. The molecule has 2 rings (SSSR count). The Balaban J connectivity index is 2.17. The summed E-state index contributed by atoms with van der Waals surface area (Å²) in [6.45, 7) is 0.297. The molecule has 0 radical (unpaired) electrons. The second-order valence-electron chi connectivity index (χ2n) is 3.08. The second-order valence-corrected chi connectivity index (χ2v) is 3.08. The first-order valence-electron chi connectivity index (χ1n) is 4.39. The van der Waals surface area contributed by atoms with E-state index in [1.54, 1.807) is 18.3 Å². The van der Waals surface area contributed by atoms with E-state index in [4.69, 9.17) is 5.73 Å². The number of nitro groups is 1. The number of hydrogen-bond acceptors (Lipinski definition) is 6. The van der Waals surface area contributed by atoms with Crippen LogP contribution in [0.5, 0.6) is 0 Å². The van der Waals surface area contributed by atoms with Gasteiger partial charge in [-0.3, -0.25) is 4.98 Å². The second kappa shape index (κ2) is 3.93. The van der Waals surface area contributed by atoms with E-state index in [2.05, 4.69) is 15.1 Å². The average Bonchev–Trinajstić information content (AvgIpc) is 2.66. The number of pyridine rings is 1. The zero-order chi connectivity index (χ0) is 11.5. The highest BCUT2D eigenvalue weighted by atomic mass is 16.6. The maximum Gasteiger partial charge on any atom is 0.490 e. The van der Waals surface area contributed by atoms with Gasteiger partial charge in [0.15, 0.2) is 0 Å². The molecule has 2 heterocycles. The summed E-state index contributed by atoms with van der Waals surface area (Å²) < 4.78 is 1.33. The van der Waals surface area contributed by atoms with Crippen molar-refractivity contribution < 1.29 is 4.92 Å². The van der Waals surface area contributed by atoms with Crippen LogP contribution in [0.4, 0.5) is 11.6 Å². The molecule has 8 nitrogen and oxygen atoms in total. The van der Waals surface area contributed by atoms with Crippen LogP contribution in [0, 0.1) is 10.1 Å². The van der Waals surface area contributed by atoms with Crippen molar-refractivity contribution >= 4 is 11.6 Å². The van der Waals surface area contributed by atoms with Gasteiger partial charge in [-0.15, -0.1) is 0 Å². The van der Waals surface area contributed by atoms with Crippen molar-refractivity contribution in [2.75, 3.05) is 5.73 Å². The van der Waals surface area contributed by atoms with Gasteiger partial charge in [-0.05, 0) is 17.1 Å². The zero-order valence-corrected chi connectivity index (χ0v) is 8.15. The van der Waals surface area contributed by atoms with Crippen LogP contribution >= 0.6 is 0 Å². The van der Waals surface area contributed by atoms with Gasteiger partial charge in [0.05, 0.1) is 5.69 Å². The van der Waals surface area contributed by atoms with Gasteiger partial charge in [0.1, 0.15) is 6.54 Å². The Labute approximate surface area is 89.9 Å². The van der Waals surface area contributed by atoms with Gasteiger partial charge in [0, 0.05) is 17.0 Å². The number of anilines is 1. The predicted molar refractivity (Wildman–Crippen MR) is 54.4 cm³/mol. The monoisotopic (exact) mass is 220 g/mol. The van der Waals surface area contributed by atoms with E-state index in [9.17, 15) is 10.1 Å². The molecule has 0 aliphatic carbocycles. The third-order valence-electron chi connectivity index (χ3n) is 1.85. The molecule has 0 aromatic carbocycles. The van der Waals surface area contributed by atoms with E-state index in [0.29, 0.717) is 17.9 Å². The predicted octanol–water partition coefficient (Wildman–Crippen LogP) is 0.212. The Morgan fingerprint density at radius 3 is 2.94 bits per heavy atom. The Kier molecular flexibility index (Phi) is 2.46. The summed E-state index contributed by atoms with van der Waals surface area (Å²) in [6.07, 6.45) is 2.85. The van der Waals surface area contributed by atoms with E-state index in [1.807, 2.05) is 0 Å². The lowest BCUT2D eigenvalue weighted by molar-refractivity contribution is -0.394. The van der Waals surface area contributed by atoms with Gasteiger partial charge in [0.2, 0.25) is 6.33 Å².